The number of para-hydroxylation sites is 1. The first-order valence-electron chi connectivity index (χ1n) is 8.01. The summed E-state index contributed by atoms with van der Waals surface area (Å²) >= 11 is 10.3. The van der Waals surface area contributed by atoms with Gasteiger partial charge in [-0.1, -0.05) is 41.9 Å². The molecule has 4 nitrogen and oxygen atoms in total. The van der Waals surface area contributed by atoms with Gasteiger partial charge < -0.3 is 5.32 Å². The first kappa shape index (κ1) is 18.2. The van der Waals surface area contributed by atoms with E-state index in [4.69, 9.17) is 11.6 Å². The average Bonchev–Trinajstić information content (AvgIpc) is 2.62. The minimum atomic E-state index is -0.609. The van der Waals surface area contributed by atoms with Crippen molar-refractivity contribution in [2.45, 2.75) is 12.8 Å². The van der Waals surface area contributed by atoms with Crippen molar-refractivity contribution in [1.82, 2.24) is 0 Å². The van der Waals surface area contributed by atoms with Crippen LogP contribution in [0.2, 0.25) is 5.02 Å². The lowest BCUT2D eigenvalue weighted by Gasteiger charge is -2.30. The second kappa shape index (κ2) is 7.77. The summed E-state index contributed by atoms with van der Waals surface area (Å²) in [6.45, 7) is 1.78. The number of carbonyl (C=O) groups is 1. The topological polar surface area (TPSA) is 65.2 Å². The van der Waals surface area contributed by atoms with Crippen molar-refractivity contribution in [1.29, 1.82) is 5.26 Å². The van der Waals surface area contributed by atoms with E-state index in [1.54, 1.807) is 19.1 Å². The lowest BCUT2D eigenvalue weighted by atomic mass is 9.77. The summed E-state index contributed by atoms with van der Waals surface area (Å²) in [5, 5.41) is 13.5. The second-order valence-corrected chi connectivity index (χ2v) is 6.82. The molecule has 3 rings (SSSR count). The summed E-state index contributed by atoms with van der Waals surface area (Å²) in [6.07, 6.45) is 0. The van der Waals surface area contributed by atoms with E-state index < -0.39 is 11.8 Å². The SMILES string of the molecule is CC1=NC(S)=C(C#N)C(c2ccc(Cl)cc2)C1C(=O)Nc1ccccc1. The first-order chi connectivity index (χ1) is 12.5. The summed E-state index contributed by atoms with van der Waals surface area (Å²) in [6, 6.07) is 18.5. The molecule has 2 atom stereocenters. The fourth-order valence-corrected chi connectivity index (χ4v) is 3.55. The Labute approximate surface area is 162 Å². The molecule has 0 aromatic heterocycles. The van der Waals surface area contributed by atoms with Crippen molar-refractivity contribution in [2.24, 2.45) is 10.9 Å². The van der Waals surface area contributed by atoms with Crippen molar-refractivity contribution in [2.75, 3.05) is 5.32 Å². The molecule has 2 aromatic rings. The molecule has 2 aromatic carbocycles. The summed E-state index contributed by atoms with van der Waals surface area (Å²) < 4.78 is 0. The molecule has 0 fully saturated rings. The van der Waals surface area contributed by atoms with Gasteiger partial charge in [0.25, 0.3) is 0 Å². The number of nitriles is 1. The Morgan fingerprint density at radius 3 is 2.46 bits per heavy atom. The lowest BCUT2D eigenvalue weighted by Crippen LogP contribution is -2.36. The molecule has 0 bridgehead atoms. The van der Waals surface area contributed by atoms with Crippen molar-refractivity contribution in [3.8, 4) is 6.07 Å². The predicted molar refractivity (Wildman–Crippen MR) is 107 cm³/mol. The van der Waals surface area contributed by atoms with Gasteiger partial charge in [0.1, 0.15) is 5.03 Å². The van der Waals surface area contributed by atoms with Gasteiger partial charge in [-0.25, -0.2) is 4.99 Å². The second-order valence-electron chi connectivity index (χ2n) is 5.96. The molecule has 1 amide bonds. The normalized spacial score (nSPS) is 19.5. The third kappa shape index (κ3) is 3.67. The summed E-state index contributed by atoms with van der Waals surface area (Å²) in [5.74, 6) is -1.29. The Morgan fingerprint density at radius 1 is 1.19 bits per heavy atom. The highest BCUT2D eigenvalue weighted by Gasteiger charge is 2.38. The number of hydrogen-bond acceptors (Lipinski definition) is 4. The zero-order valence-corrected chi connectivity index (χ0v) is 15.6. The van der Waals surface area contributed by atoms with Gasteiger partial charge in [0.05, 0.1) is 17.6 Å². The minimum absolute atomic E-state index is 0.217. The summed E-state index contributed by atoms with van der Waals surface area (Å²) in [5.41, 5.74) is 2.50. The Hall–Kier alpha value is -2.55. The van der Waals surface area contributed by atoms with E-state index in [0.717, 1.165) is 5.56 Å². The number of aliphatic imine (C=N–C) groups is 1. The molecule has 1 aliphatic heterocycles. The number of thiol groups is 1. The van der Waals surface area contributed by atoms with Crippen molar-refractivity contribution < 1.29 is 4.79 Å². The Morgan fingerprint density at radius 2 is 1.85 bits per heavy atom. The van der Waals surface area contributed by atoms with E-state index >= 15 is 0 Å². The van der Waals surface area contributed by atoms with E-state index in [1.807, 2.05) is 42.5 Å². The van der Waals surface area contributed by atoms with Crippen molar-refractivity contribution >= 4 is 41.5 Å². The molecule has 0 spiro atoms. The van der Waals surface area contributed by atoms with E-state index in [0.29, 0.717) is 27.0 Å². The molecule has 1 heterocycles. The highest BCUT2D eigenvalue weighted by Crippen LogP contribution is 2.40. The standard InChI is InChI=1S/C20H16ClN3OS/c1-12-17(19(25)24-15-5-3-2-4-6-15)18(16(11-22)20(26)23-12)13-7-9-14(21)10-8-13/h2-10,17-18,26H,1H3,(H,24,25). The zero-order chi connectivity index (χ0) is 18.7. The van der Waals surface area contributed by atoms with Crippen LogP contribution >= 0.6 is 24.2 Å². The predicted octanol–water partition coefficient (Wildman–Crippen LogP) is 4.82. The molecule has 0 aliphatic carbocycles. The van der Waals surface area contributed by atoms with Crippen molar-refractivity contribution in [3.05, 3.63) is 75.8 Å². The van der Waals surface area contributed by atoms with Gasteiger partial charge in [0.15, 0.2) is 0 Å². The number of anilines is 1. The fourth-order valence-electron chi connectivity index (χ4n) is 3.08. The van der Waals surface area contributed by atoms with Crippen LogP contribution < -0.4 is 5.32 Å². The van der Waals surface area contributed by atoms with Gasteiger partial charge in [-0.05, 0) is 36.8 Å². The number of rotatable bonds is 3. The first-order valence-corrected chi connectivity index (χ1v) is 8.83. The Balaban J connectivity index is 2.03. The van der Waals surface area contributed by atoms with Crippen LogP contribution in [0.25, 0.3) is 0 Å². The fraction of sp³-hybridized carbons (Fsp3) is 0.150. The van der Waals surface area contributed by atoms with Crippen LogP contribution in [0.3, 0.4) is 0 Å². The molecule has 0 radical (unpaired) electrons. The van der Waals surface area contributed by atoms with Gasteiger partial charge in [0.2, 0.25) is 5.91 Å². The van der Waals surface area contributed by atoms with E-state index in [-0.39, 0.29) is 5.91 Å². The van der Waals surface area contributed by atoms with Crippen LogP contribution in [0.15, 0.2) is 70.2 Å². The molecule has 6 heteroatoms. The van der Waals surface area contributed by atoms with E-state index in [9.17, 15) is 10.1 Å². The maximum absolute atomic E-state index is 13.0. The molecule has 130 valence electrons. The van der Waals surface area contributed by atoms with Gasteiger partial charge in [-0.3, -0.25) is 4.79 Å². The quantitative estimate of drug-likeness (QED) is 0.748. The van der Waals surface area contributed by atoms with Crippen LogP contribution in [0.1, 0.15) is 18.4 Å². The number of benzene rings is 2. The average molecular weight is 382 g/mol. The van der Waals surface area contributed by atoms with Crippen LogP contribution in [-0.2, 0) is 4.79 Å². The number of carbonyl (C=O) groups excluding carboxylic acids is 1. The minimum Gasteiger partial charge on any atom is -0.325 e. The van der Waals surface area contributed by atoms with Crippen LogP contribution in [0.4, 0.5) is 5.69 Å². The van der Waals surface area contributed by atoms with Crippen LogP contribution in [0.5, 0.6) is 0 Å². The molecule has 0 saturated heterocycles. The third-order valence-electron chi connectivity index (χ3n) is 4.29. The third-order valence-corrected chi connectivity index (χ3v) is 4.88. The number of allylic oxidation sites excluding steroid dienone is 1. The van der Waals surface area contributed by atoms with E-state index in [2.05, 4.69) is 29.0 Å². The van der Waals surface area contributed by atoms with Gasteiger partial charge >= 0.3 is 0 Å². The lowest BCUT2D eigenvalue weighted by molar-refractivity contribution is -0.118. The maximum atomic E-state index is 13.0. The number of halogens is 1. The van der Waals surface area contributed by atoms with Gasteiger partial charge in [0, 0.05) is 22.3 Å². The van der Waals surface area contributed by atoms with Crippen molar-refractivity contribution in [3.63, 3.8) is 0 Å². The van der Waals surface area contributed by atoms with Crippen LogP contribution in [-0.4, -0.2) is 11.6 Å². The molecule has 26 heavy (non-hydrogen) atoms. The van der Waals surface area contributed by atoms with Gasteiger partial charge in [-0.15, -0.1) is 12.6 Å². The molecule has 1 aliphatic rings. The highest BCUT2D eigenvalue weighted by atomic mass is 35.5. The number of nitrogens with one attached hydrogen (secondary N) is 1. The summed E-state index contributed by atoms with van der Waals surface area (Å²) in [7, 11) is 0. The number of hydrogen-bond donors (Lipinski definition) is 2. The molecular formula is C20H16ClN3OS. The number of nitrogens with zero attached hydrogens (tertiary/aromatic N) is 2. The van der Waals surface area contributed by atoms with E-state index in [1.165, 1.54) is 0 Å². The smallest absolute Gasteiger partial charge is 0.234 e. The Bertz CT molecular complexity index is 930. The largest absolute Gasteiger partial charge is 0.325 e. The molecule has 2 unspecified atom stereocenters. The summed E-state index contributed by atoms with van der Waals surface area (Å²) in [4.78, 5) is 17.3. The zero-order valence-electron chi connectivity index (χ0n) is 14.0. The number of amides is 1. The van der Waals surface area contributed by atoms with Gasteiger partial charge in [-0.2, -0.15) is 5.26 Å². The molecule has 1 N–H and O–H groups in total. The monoisotopic (exact) mass is 381 g/mol. The molecular weight excluding hydrogens is 366 g/mol. The maximum Gasteiger partial charge on any atom is 0.234 e. The van der Waals surface area contributed by atoms with Crippen LogP contribution in [0, 0.1) is 17.2 Å². The molecule has 0 saturated carbocycles. The highest BCUT2D eigenvalue weighted by molar-refractivity contribution is 7.84. The Kier molecular flexibility index (Phi) is 5.46.